The van der Waals surface area contributed by atoms with Crippen LogP contribution in [0.15, 0.2) is 46.6 Å². The molecule has 1 saturated heterocycles. The number of aromatic hydroxyl groups is 1. The number of amidine groups is 1. The zero-order valence-corrected chi connectivity index (χ0v) is 18.2. The van der Waals surface area contributed by atoms with E-state index in [-0.39, 0.29) is 11.3 Å². The van der Waals surface area contributed by atoms with Crippen LogP contribution in [0.25, 0.3) is 17.2 Å². The molecule has 1 aromatic heterocycles. The second kappa shape index (κ2) is 8.24. The lowest BCUT2D eigenvalue weighted by atomic mass is 9.84. The van der Waals surface area contributed by atoms with Crippen LogP contribution in [0.5, 0.6) is 5.75 Å². The summed E-state index contributed by atoms with van der Waals surface area (Å²) in [7, 11) is 0. The molecule has 0 bridgehead atoms. The Labute approximate surface area is 180 Å². The Morgan fingerprint density at radius 3 is 2.63 bits per heavy atom. The number of aliphatic imine (C=N–C) groups is 1. The lowest BCUT2D eigenvalue weighted by Gasteiger charge is -2.27. The number of aromatic nitrogens is 1. The van der Waals surface area contributed by atoms with Gasteiger partial charge in [0.2, 0.25) is 0 Å². The van der Waals surface area contributed by atoms with Gasteiger partial charge in [0.25, 0.3) is 5.91 Å². The summed E-state index contributed by atoms with van der Waals surface area (Å²) in [6, 6.07) is 7.60. The van der Waals surface area contributed by atoms with Gasteiger partial charge in [0.05, 0.1) is 18.1 Å². The number of nitrogens with zero attached hydrogens (tertiary/aromatic N) is 3. The molecule has 30 heavy (non-hydrogen) atoms. The predicted octanol–water partition coefficient (Wildman–Crippen LogP) is 4.05. The Balaban J connectivity index is 1.58. The summed E-state index contributed by atoms with van der Waals surface area (Å²) in [5.74, 6) is 0.0739. The van der Waals surface area contributed by atoms with Gasteiger partial charge in [-0.25, -0.2) is 0 Å². The van der Waals surface area contributed by atoms with E-state index in [0.717, 1.165) is 40.5 Å². The highest BCUT2D eigenvalue weighted by Crippen LogP contribution is 2.35. The molecule has 2 aromatic rings. The fraction of sp³-hybridized carbons (Fsp3) is 0.348. The number of carbonyl (C=O) groups is 1. The van der Waals surface area contributed by atoms with E-state index >= 15 is 0 Å². The zero-order valence-electron chi connectivity index (χ0n) is 17.4. The SMILES string of the molecule is CC(C)(C)c1cc(-c2cncc(C=C3SC(N4CCOCC4)=NC3=O)c2)ccc1O. The topological polar surface area (TPSA) is 75.0 Å². The largest absolute Gasteiger partial charge is 0.508 e. The Kier molecular flexibility index (Phi) is 5.66. The summed E-state index contributed by atoms with van der Waals surface area (Å²) in [6.45, 7) is 9.02. The average molecular weight is 424 g/mol. The van der Waals surface area contributed by atoms with Crippen LogP contribution in [0, 0.1) is 0 Å². The molecule has 4 rings (SSSR count). The molecule has 156 valence electrons. The number of phenols is 1. The maximum Gasteiger partial charge on any atom is 0.286 e. The molecule has 3 heterocycles. The quantitative estimate of drug-likeness (QED) is 0.735. The van der Waals surface area contributed by atoms with E-state index in [1.54, 1.807) is 18.5 Å². The summed E-state index contributed by atoms with van der Waals surface area (Å²) in [5, 5.41) is 11.0. The van der Waals surface area contributed by atoms with Gasteiger partial charge in [0.1, 0.15) is 5.75 Å². The number of hydrogen-bond donors (Lipinski definition) is 1. The van der Waals surface area contributed by atoms with E-state index in [0.29, 0.717) is 23.9 Å². The van der Waals surface area contributed by atoms with Gasteiger partial charge in [-0.1, -0.05) is 26.8 Å². The van der Waals surface area contributed by atoms with E-state index < -0.39 is 0 Å². The van der Waals surface area contributed by atoms with Crippen molar-refractivity contribution < 1.29 is 14.6 Å². The lowest BCUT2D eigenvalue weighted by molar-refractivity contribution is -0.113. The van der Waals surface area contributed by atoms with Gasteiger partial charge in [-0.15, -0.1) is 0 Å². The van der Waals surface area contributed by atoms with Gasteiger partial charge in [0.15, 0.2) is 5.17 Å². The zero-order chi connectivity index (χ0) is 21.3. The van der Waals surface area contributed by atoms with E-state index in [1.165, 1.54) is 11.8 Å². The van der Waals surface area contributed by atoms with Crippen LogP contribution >= 0.6 is 11.8 Å². The maximum absolute atomic E-state index is 12.4. The second-order valence-corrected chi connectivity index (χ2v) is 9.41. The van der Waals surface area contributed by atoms with Crippen LogP contribution in [-0.4, -0.2) is 52.4 Å². The molecule has 0 aliphatic carbocycles. The van der Waals surface area contributed by atoms with Crippen LogP contribution in [0.1, 0.15) is 31.9 Å². The molecule has 6 nitrogen and oxygen atoms in total. The summed E-state index contributed by atoms with van der Waals surface area (Å²) >= 11 is 1.40. The molecule has 0 saturated carbocycles. The monoisotopic (exact) mass is 423 g/mol. The Morgan fingerprint density at radius 1 is 1.13 bits per heavy atom. The second-order valence-electron chi connectivity index (χ2n) is 8.40. The molecule has 1 fully saturated rings. The number of amides is 1. The van der Waals surface area contributed by atoms with Gasteiger partial charge in [-0.3, -0.25) is 9.78 Å². The standard InChI is InChI=1S/C23H25N3O3S/c1-23(2,3)18-12-16(4-5-19(18)27)17-10-15(13-24-14-17)11-20-21(28)25-22(30-20)26-6-8-29-9-7-26/h4-5,10-14,27H,6-9H2,1-3H3. The number of carbonyl (C=O) groups excluding carboxylic acids is 1. The molecule has 0 unspecified atom stereocenters. The fourth-order valence-electron chi connectivity index (χ4n) is 3.45. The minimum atomic E-state index is -0.216. The normalized spacial score (nSPS) is 18.8. The lowest BCUT2D eigenvalue weighted by Crippen LogP contribution is -2.38. The maximum atomic E-state index is 12.4. The summed E-state index contributed by atoms with van der Waals surface area (Å²) in [5.41, 5.74) is 3.45. The van der Waals surface area contributed by atoms with Crippen molar-refractivity contribution in [3.63, 3.8) is 0 Å². The number of benzene rings is 1. The molecule has 0 spiro atoms. The van der Waals surface area contributed by atoms with Crippen molar-refractivity contribution in [2.24, 2.45) is 4.99 Å². The Bertz CT molecular complexity index is 1030. The smallest absolute Gasteiger partial charge is 0.286 e. The van der Waals surface area contributed by atoms with Crippen molar-refractivity contribution in [1.29, 1.82) is 0 Å². The Morgan fingerprint density at radius 2 is 1.90 bits per heavy atom. The number of morpholine rings is 1. The highest BCUT2D eigenvalue weighted by Gasteiger charge is 2.27. The summed E-state index contributed by atoms with van der Waals surface area (Å²) in [4.78, 5) is 23.7. The Hall–Kier alpha value is -2.64. The molecular formula is C23H25N3O3S. The molecular weight excluding hydrogens is 398 g/mol. The first-order chi connectivity index (χ1) is 14.3. The molecule has 2 aliphatic rings. The number of hydrogen-bond acceptors (Lipinski definition) is 6. The van der Waals surface area contributed by atoms with Crippen molar-refractivity contribution in [3.8, 4) is 16.9 Å². The molecule has 1 amide bonds. The van der Waals surface area contributed by atoms with Crippen LogP contribution < -0.4 is 0 Å². The van der Waals surface area contributed by atoms with Crippen LogP contribution in [0.4, 0.5) is 0 Å². The van der Waals surface area contributed by atoms with Gasteiger partial charge < -0.3 is 14.7 Å². The molecule has 1 aromatic carbocycles. The third kappa shape index (κ3) is 4.42. The molecule has 7 heteroatoms. The highest BCUT2D eigenvalue weighted by molar-refractivity contribution is 8.18. The minimum Gasteiger partial charge on any atom is -0.508 e. The van der Waals surface area contributed by atoms with E-state index in [2.05, 4.69) is 35.6 Å². The van der Waals surface area contributed by atoms with Crippen molar-refractivity contribution >= 4 is 28.9 Å². The number of rotatable bonds is 2. The van der Waals surface area contributed by atoms with Gasteiger partial charge in [0, 0.05) is 31.0 Å². The van der Waals surface area contributed by atoms with E-state index in [1.807, 2.05) is 24.3 Å². The molecule has 0 radical (unpaired) electrons. The average Bonchev–Trinajstić information content (AvgIpc) is 3.09. The van der Waals surface area contributed by atoms with Gasteiger partial charge in [-0.2, -0.15) is 4.99 Å². The van der Waals surface area contributed by atoms with Crippen molar-refractivity contribution in [2.75, 3.05) is 26.3 Å². The number of phenolic OH excluding ortho intramolecular Hbond substituents is 1. The third-order valence-corrected chi connectivity index (χ3v) is 6.13. The van der Waals surface area contributed by atoms with E-state index in [4.69, 9.17) is 4.74 Å². The van der Waals surface area contributed by atoms with Crippen molar-refractivity contribution in [3.05, 3.63) is 52.7 Å². The number of thioether (sulfide) groups is 1. The number of pyridine rings is 1. The van der Waals surface area contributed by atoms with Crippen LogP contribution in [-0.2, 0) is 14.9 Å². The first kappa shape index (κ1) is 20.6. The van der Waals surface area contributed by atoms with Gasteiger partial charge in [-0.05, 0) is 58.1 Å². The third-order valence-electron chi connectivity index (χ3n) is 5.09. The summed E-state index contributed by atoms with van der Waals surface area (Å²) < 4.78 is 5.37. The first-order valence-electron chi connectivity index (χ1n) is 9.95. The van der Waals surface area contributed by atoms with Crippen molar-refractivity contribution in [1.82, 2.24) is 9.88 Å². The fourth-order valence-corrected chi connectivity index (χ4v) is 4.42. The van der Waals surface area contributed by atoms with Crippen molar-refractivity contribution in [2.45, 2.75) is 26.2 Å². The minimum absolute atomic E-state index is 0.173. The molecule has 1 N–H and O–H groups in total. The molecule has 2 aliphatic heterocycles. The highest BCUT2D eigenvalue weighted by atomic mass is 32.2. The van der Waals surface area contributed by atoms with Crippen LogP contribution in [0.3, 0.4) is 0 Å². The van der Waals surface area contributed by atoms with Crippen LogP contribution in [0.2, 0.25) is 0 Å². The summed E-state index contributed by atoms with van der Waals surface area (Å²) in [6.07, 6.45) is 5.37. The van der Waals surface area contributed by atoms with E-state index in [9.17, 15) is 9.90 Å². The molecule has 0 atom stereocenters. The first-order valence-corrected chi connectivity index (χ1v) is 10.8. The predicted molar refractivity (Wildman–Crippen MR) is 120 cm³/mol. The van der Waals surface area contributed by atoms with Gasteiger partial charge >= 0.3 is 0 Å². The number of ether oxygens (including phenoxy) is 1.